The molecule has 0 saturated heterocycles. The number of fused-ring (bicyclic) bond motifs is 4. The lowest BCUT2D eigenvalue weighted by molar-refractivity contribution is -0.118. The van der Waals surface area contributed by atoms with E-state index in [4.69, 9.17) is 18.9 Å². The molecular formula is C22H24O6. The van der Waals surface area contributed by atoms with Crippen molar-refractivity contribution in [2.24, 2.45) is 0 Å². The van der Waals surface area contributed by atoms with E-state index in [1.165, 1.54) is 0 Å². The Morgan fingerprint density at radius 2 is 0.821 bits per heavy atom. The highest BCUT2D eigenvalue weighted by atomic mass is 16.5. The van der Waals surface area contributed by atoms with E-state index in [0.717, 1.165) is 0 Å². The molecule has 1 aliphatic rings. The van der Waals surface area contributed by atoms with Gasteiger partial charge in [-0.3, -0.25) is 9.59 Å². The van der Waals surface area contributed by atoms with Crippen LogP contribution in [0.4, 0.5) is 0 Å². The summed E-state index contributed by atoms with van der Waals surface area (Å²) in [5.41, 5.74) is 2.82. The average Bonchev–Trinajstić information content (AvgIpc) is 2.66. The predicted molar refractivity (Wildman–Crippen MR) is 104 cm³/mol. The van der Waals surface area contributed by atoms with Crippen molar-refractivity contribution in [2.45, 2.75) is 25.7 Å². The summed E-state index contributed by atoms with van der Waals surface area (Å²) in [6.45, 7) is 0. The summed E-state index contributed by atoms with van der Waals surface area (Å²) in [6.07, 6.45) is 0.656. The monoisotopic (exact) mass is 384 g/mol. The van der Waals surface area contributed by atoms with E-state index < -0.39 is 0 Å². The first-order valence-electron chi connectivity index (χ1n) is 9.00. The molecule has 0 fully saturated rings. The average molecular weight is 384 g/mol. The SMILES string of the molecule is COc1cc2c(OC)c(c1)CC(=O)Cc1cc(OC)cc(c1OC)CC(=O)C2. The molecule has 4 bridgehead atoms. The summed E-state index contributed by atoms with van der Waals surface area (Å²) in [6, 6.07) is 7.13. The lowest BCUT2D eigenvalue weighted by Gasteiger charge is -2.19. The van der Waals surface area contributed by atoms with Gasteiger partial charge in [0.15, 0.2) is 0 Å². The molecule has 0 atom stereocenters. The highest BCUT2D eigenvalue weighted by molar-refractivity contribution is 5.88. The molecule has 0 aromatic heterocycles. The molecule has 6 heteroatoms. The van der Waals surface area contributed by atoms with Gasteiger partial charge in [0.2, 0.25) is 0 Å². The minimum atomic E-state index is 0.00176. The van der Waals surface area contributed by atoms with Gasteiger partial charge in [-0.15, -0.1) is 0 Å². The number of carbonyl (C=O) groups is 2. The van der Waals surface area contributed by atoms with Crippen molar-refractivity contribution < 1.29 is 28.5 Å². The second kappa shape index (κ2) is 8.33. The highest BCUT2D eigenvalue weighted by Crippen LogP contribution is 2.35. The Balaban J connectivity index is 2.15. The Labute approximate surface area is 164 Å². The number of methoxy groups -OCH3 is 4. The van der Waals surface area contributed by atoms with Crippen molar-refractivity contribution in [2.75, 3.05) is 28.4 Å². The third-order valence-electron chi connectivity index (χ3n) is 4.86. The predicted octanol–water partition coefficient (Wildman–Crippen LogP) is 2.74. The van der Waals surface area contributed by atoms with Gasteiger partial charge in [-0.2, -0.15) is 0 Å². The van der Waals surface area contributed by atoms with Crippen LogP contribution in [0.1, 0.15) is 22.3 Å². The fraction of sp³-hybridized carbons (Fsp3) is 0.364. The number of rotatable bonds is 4. The Bertz CT molecular complexity index is 782. The number of hydrogen-bond donors (Lipinski definition) is 0. The Hall–Kier alpha value is -3.02. The van der Waals surface area contributed by atoms with Gasteiger partial charge in [0.1, 0.15) is 34.6 Å². The van der Waals surface area contributed by atoms with Gasteiger partial charge in [-0.1, -0.05) is 0 Å². The normalized spacial score (nSPS) is 14.0. The van der Waals surface area contributed by atoms with Gasteiger partial charge in [-0.25, -0.2) is 0 Å². The van der Waals surface area contributed by atoms with E-state index in [1.54, 1.807) is 52.7 Å². The van der Waals surface area contributed by atoms with Crippen LogP contribution in [0.3, 0.4) is 0 Å². The second-order valence-electron chi connectivity index (χ2n) is 6.74. The third-order valence-corrected chi connectivity index (χ3v) is 4.86. The quantitative estimate of drug-likeness (QED) is 0.807. The molecular weight excluding hydrogens is 360 g/mol. The zero-order valence-corrected chi connectivity index (χ0v) is 16.6. The number of carbonyl (C=O) groups excluding carboxylic acids is 2. The minimum absolute atomic E-state index is 0.00176. The molecule has 0 heterocycles. The largest absolute Gasteiger partial charge is 0.497 e. The number of ketones is 2. The molecule has 0 N–H and O–H groups in total. The standard InChI is InChI=1S/C22H24O6/c1-25-19-9-13-5-17(23)7-15-11-20(26-2)12-16(22(15)28-4)8-18(24)6-14(10-19)21(13)27-3/h9-12H,5-8H2,1-4H3. The summed E-state index contributed by atoms with van der Waals surface area (Å²) >= 11 is 0. The maximum absolute atomic E-state index is 12.9. The molecule has 1 aliphatic carbocycles. The van der Waals surface area contributed by atoms with E-state index in [0.29, 0.717) is 45.3 Å². The molecule has 0 unspecified atom stereocenters. The zero-order valence-electron chi connectivity index (χ0n) is 16.6. The zero-order chi connectivity index (χ0) is 20.3. The van der Waals surface area contributed by atoms with Crippen LogP contribution >= 0.6 is 0 Å². The van der Waals surface area contributed by atoms with Crippen molar-refractivity contribution >= 4 is 11.6 Å². The number of hydrogen-bond acceptors (Lipinski definition) is 6. The molecule has 2 aromatic rings. The first-order valence-corrected chi connectivity index (χ1v) is 9.00. The van der Waals surface area contributed by atoms with E-state index in [1.807, 2.05) is 0 Å². The fourth-order valence-electron chi connectivity index (χ4n) is 3.70. The van der Waals surface area contributed by atoms with E-state index in [-0.39, 0.29) is 37.2 Å². The Morgan fingerprint density at radius 1 is 0.536 bits per heavy atom. The van der Waals surface area contributed by atoms with Crippen molar-refractivity contribution in [3.8, 4) is 23.0 Å². The summed E-state index contributed by atoms with van der Waals surface area (Å²) < 4.78 is 21.8. The second-order valence-corrected chi connectivity index (χ2v) is 6.74. The number of Topliss-reactive ketones (excluding diaryl/α,β-unsaturated/α-hetero) is 2. The lowest BCUT2D eigenvalue weighted by Crippen LogP contribution is -2.15. The minimum Gasteiger partial charge on any atom is -0.497 e. The van der Waals surface area contributed by atoms with E-state index in [9.17, 15) is 9.59 Å². The van der Waals surface area contributed by atoms with Crippen LogP contribution in [0.15, 0.2) is 24.3 Å². The molecule has 28 heavy (non-hydrogen) atoms. The molecule has 0 spiro atoms. The van der Waals surface area contributed by atoms with Gasteiger partial charge >= 0.3 is 0 Å². The van der Waals surface area contributed by atoms with Gasteiger partial charge in [0.05, 0.1) is 28.4 Å². The first kappa shape index (κ1) is 19.7. The molecule has 0 saturated carbocycles. The van der Waals surface area contributed by atoms with Crippen LogP contribution in [0.2, 0.25) is 0 Å². The molecule has 0 amide bonds. The van der Waals surface area contributed by atoms with Crippen LogP contribution in [0, 0.1) is 0 Å². The molecule has 2 aromatic carbocycles. The molecule has 3 rings (SSSR count). The summed E-state index contributed by atoms with van der Waals surface area (Å²) in [7, 11) is 6.21. The number of benzene rings is 2. The first-order chi connectivity index (χ1) is 13.5. The smallest absolute Gasteiger partial charge is 0.141 e. The molecule has 0 radical (unpaired) electrons. The Kier molecular flexibility index (Phi) is 5.87. The summed E-state index contributed by atoms with van der Waals surface area (Å²) in [4.78, 5) is 25.7. The fourth-order valence-corrected chi connectivity index (χ4v) is 3.70. The van der Waals surface area contributed by atoms with Crippen molar-refractivity contribution in [3.63, 3.8) is 0 Å². The van der Waals surface area contributed by atoms with E-state index >= 15 is 0 Å². The van der Waals surface area contributed by atoms with Crippen molar-refractivity contribution in [1.29, 1.82) is 0 Å². The van der Waals surface area contributed by atoms with Gasteiger partial charge in [-0.05, 0) is 24.3 Å². The molecule has 148 valence electrons. The van der Waals surface area contributed by atoms with Crippen LogP contribution in [-0.4, -0.2) is 40.0 Å². The maximum Gasteiger partial charge on any atom is 0.141 e. The van der Waals surface area contributed by atoms with Crippen LogP contribution in [0.5, 0.6) is 23.0 Å². The van der Waals surface area contributed by atoms with Crippen LogP contribution < -0.4 is 18.9 Å². The van der Waals surface area contributed by atoms with E-state index in [2.05, 4.69) is 0 Å². The maximum atomic E-state index is 12.9. The van der Waals surface area contributed by atoms with Gasteiger partial charge < -0.3 is 18.9 Å². The van der Waals surface area contributed by atoms with Crippen molar-refractivity contribution in [3.05, 3.63) is 46.5 Å². The topological polar surface area (TPSA) is 71.1 Å². The third kappa shape index (κ3) is 3.96. The number of ether oxygens (including phenoxy) is 4. The van der Waals surface area contributed by atoms with Gasteiger partial charge in [0.25, 0.3) is 0 Å². The van der Waals surface area contributed by atoms with Gasteiger partial charge in [0, 0.05) is 47.9 Å². The lowest BCUT2D eigenvalue weighted by atomic mass is 9.92. The van der Waals surface area contributed by atoms with Crippen LogP contribution in [0.25, 0.3) is 0 Å². The van der Waals surface area contributed by atoms with Crippen LogP contribution in [-0.2, 0) is 35.3 Å². The summed E-state index contributed by atoms with van der Waals surface area (Å²) in [5, 5.41) is 0. The Morgan fingerprint density at radius 3 is 1.04 bits per heavy atom. The molecule has 6 nitrogen and oxygen atoms in total. The summed E-state index contributed by atoms with van der Waals surface area (Å²) in [5.74, 6) is 2.33. The highest BCUT2D eigenvalue weighted by Gasteiger charge is 2.23. The molecule has 0 aliphatic heterocycles. The van der Waals surface area contributed by atoms with Crippen molar-refractivity contribution in [1.82, 2.24) is 0 Å².